The van der Waals surface area contributed by atoms with Gasteiger partial charge in [0.2, 0.25) is 5.91 Å². The van der Waals surface area contributed by atoms with Crippen molar-refractivity contribution in [2.24, 2.45) is 5.41 Å². The van der Waals surface area contributed by atoms with Gasteiger partial charge in [-0.25, -0.2) is 18.0 Å². The number of carbonyl (C=O) groups excluding carboxylic acids is 2. The van der Waals surface area contributed by atoms with Crippen molar-refractivity contribution in [3.63, 3.8) is 0 Å². The molecule has 2 saturated heterocycles. The maximum Gasteiger partial charge on any atom is 0.324 e. The van der Waals surface area contributed by atoms with Gasteiger partial charge in [-0.15, -0.1) is 0 Å². The summed E-state index contributed by atoms with van der Waals surface area (Å²) in [4.78, 5) is 29.4. The van der Waals surface area contributed by atoms with Gasteiger partial charge in [-0.1, -0.05) is 32.0 Å². The number of imide groups is 1. The number of piperidine rings is 2. The molecule has 0 aliphatic carbocycles. The molecule has 2 aliphatic heterocycles. The third-order valence-electron chi connectivity index (χ3n) is 7.36. The van der Waals surface area contributed by atoms with Gasteiger partial charge >= 0.3 is 6.03 Å². The van der Waals surface area contributed by atoms with Gasteiger partial charge < -0.3 is 10.2 Å². The van der Waals surface area contributed by atoms with Gasteiger partial charge in [-0.2, -0.15) is 0 Å². The zero-order chi connectivity index (χ0) is 25.9. The van der Waals surface area contributed by atoms with Crippen molar-refractivity contribution in [3.05, 3.63) is 71.0 Å². The maximum atomic E-state index is 13.9. The van der Waals surface area contributed by atoms with Crippen molar-refractivity contribution in [1.82, 2.24) is 15.1 Å². The van der Waals surface area contributed by atoms with Crippen LogP contribution in [0.25, 0.3) is 0 Å². The van der Waals surface area contributed by atoms with E-state index in [1.54, 1.807) is 0 Å². The molecule has 2 fully saturated rings. The Balaban J connectivity index is 1.28. The predicted molar refractivity (Wildman–Crippen MR) is 132 cm³/mol. The average Bonchev–Trinajstić information content (AvgIpc) is 2.83. The van der Waals surface area contributed by atoms with E-state index < -0.39 is 23.7 Å². The van der Waals surface area contributed by atoms with E-state index >= 15 is 0 Å². The monoisotopic (exact) mass is 501 g/mol. The molecule has 194 valence electrons. The second-order valence-electron chi connectivity index (χ2n) is 10.8. The van der Waals surface area contributed by atoms with E-state index in [-0.39, 0.29) is 23.6 Å². The minimum atomic E-state index is -0.994. The van der Waals surface area contributed by atoms with E-state index in [0.29, 0.717) is 24.4 Å². The fourth-order valence-electron chi connectivity index (χ4n) is 5.40. The van der Waals surface area contributed by atoms with Crippen molar-refractivity contribution in [2.45, 2.75) is 57.9 Å². The number of carbonyl (C=O) groups is 2. The summed E-state index contributed by atoms with van der Waals surface area (Å²) >= 11 is 0. The molecule has 0 unspecified atom stereocenters. The highest BCUT2D eigenvalue weighted by molar-refractivity contribution is 5.95. The normalized spacial score (nSPS) is 21.0. The highest BCUT2D eigenvalue weighted by Gasteiger charge is 2.42. The third kappa shape index (κ3) is 6.27. The van der Waals surface area contributed by atoms with Gasteiger partial charge in [0.25, 0.3) is 0 Å². The van der Waals surface area contributed by atoms with Crippen molar-refractivity contribution in [3.8, 4) is 0 Å². The Hall–Kier alpha value is -2.87. The summed E-state index contributed by atoms with van der Waals surface area (Å²) in [7, 11) is 0. The van der Waals surface area contributed by atoms with Crippen LogP contribution < -0.4 is 5.32 Å². The molecule has 8 heteroatoms. The molecule has 2 aromatic carbocycles. The minimum Gasteiger partial charge on any atom is -0.338 e. The fraction of sp³-hybridized carbons (Fsp3) is 0.500. The molecule has 0 saturated carbocycles. The van der Waals surface area contributed by atoms with Crippen LogP contribution in [0.3, 0.4) is 0 Å². The first-order valence-electron chi connectivity index (χ1n) is 12.7. The first kappa shape index (κ1) is 26.2. The number of urea groups is 1. The Morgan fingerprint density at radius 2 is 1.67 bits per heavy atom. The lowest BCUT2D eigenvalue weighted by molar-refractivity contribution is -0.137. The molecule has 3 amide bonds. The number of nitrogens with zero attached hydrogens (tertiary/aromatic N) is 2. The van der Waals surface area contributed by atoms with Crippen LogP contribution in [0.5, 0.6) is 0 Å². The van der Waals surface area contributed by atoms with Crippen molar-refractivity contribution < 1.29 is 22.8 Å². The highest BCUT2D eigenvalue weighted by atomic mass is 19.2. The molecule has 0 bridgehead atoms. The van der Waals surface area contributed by atoms with E-state index in [2.05, 4.69) is 10.2 Å². The zero-order valence-corrected chi connectivity index (χ0v) is 20.9. The lowest BCUT2D eigenvalue weighted by atomic mass is 9.76. The average molecular weight is 502 g/mol. The Morgan fingerprint density at radius 1 is 1.00 bits per heavy atom. The Bertz CT molecular complexity index is 1080. The molecule has 0 spiro atoms. The number of amides is 3. The maximum absolute atomic E-state index is 13.9. The SMILES string of the molecule is CC1(C)CC(=O)N(C(=O)NCCCN2CCC(c3ccc(F)cc3)CC2)[C@@H](c2ccc(F)c(F)c2)C1. The summed E-state index contributed by atoms with van der Waals surface area (Å²) in [6.45, 7) is 6.98. The molecule has 1 atom stereocenters. The number of halogens is 3. The molecule has 5 nitrogen and oxygen atoms in total. The summed E-state index contributed by atoms with van der Waals surface area (Å²) in [5.74, 6) is -2.06. The predicted octanol–water partition coefficient (Wildman–Crippen LogP) is 5.77. The lowest BCUT2D eigenvalue weighted by Gasteiger charge is -2.42. The van der Waals surface area contributed by atoms with Crippen molar-refractivity contribution >= 4 is 11.9 Å². The number of rotatable bonds is 6. The van der Waals surface area contributed by atoms with Gasteiger partial charge in [0.15, 0.2) is 11.6 Å². The summed E-state index contributed by atoms with van der Waals surface area (Å²) in [5.41, 5.74) is 1.23. The van der Waals surface area contributed by atoms with Crippen LogP contribution in [-0.2, 0) is 4.79 Å². The van der Waals surface area contributed by atoms with E-state index in [1.807, 2.05) is 26.0 Å². The zero-order valence-electron chi connectivity index (χ0n) is 20.9. The summed E-state index contributed by atoms with van der Waals surface area (Å²) in [5, 5.41) is 2.85. The van der Waals surface area contributed by atoms with E-state index in [4.69, 9.17) is 0 Å². The van der Waals surface area contributed by atoms with Gasteiger partial charge in [-0.3, -0.25) is 9.69 Å². The first-order valence-corrected chi connectivity index (χ1v) is 12.7. The molecule has 4 rings (SSSR count). The minimum absolute atomic E-state index is 0.212. The van der Waals surface area contributed by atoms with Gasteiger partial charge in [-0.05, 0) is 92.0 Å². The van der Waals surface area contributed by atoms with Crippen molar-refractivity contribution in [1.29, 1.82) is 0 Å². The molecule has 0 aromatic heterocycles. The number of nitrogens with one attached hydrogen (secondary N) is 1. The van der Waals surface area contributed by atoms with Gasteiger partial charge in [0.1, 0.15) is 5.82 Å². The Labute approximate surface area is 210 Å². The molecular weight excluding hydrogens is 467 g/mol. The molecule has 2 heterocycles. The number of hydrogen-bond donors (Lipinski definition) is 1. The Morgan fingerprint density at radius 3 is 2.33 bits per heavy atom. The molecule has 36 heavy (non-hydrogen) atoms. The van der Waals surface area contributed by atoms with Crippen LogP contribution in [0.1, 0.15) is 69.0 Å². The Kier molecular flexibility index (Phi) is 8.03. The highest BCUT2D eigenvalue weighted by Crippen LogP contribution is 2.42. The third-order valence-corrected chi connectivity index (χ3v) is 7.36. The summed E-state index contributed by atoms with van der Waals surface area (Å²) in [6.07, 6.45) is 3.43. The van der Waals surface area contributed by atoms with Crippen LogP contribution in [0.15, 0.2) is 42.5 Å². The van der Waals surface area contributed by atoms with Crippen LogP contribution in [0.4, 0.5) is 18.0 Å². The van der Waals surface area contributed by atoms with E-state index in [0.717, 1.165) is 51.0 Å². The molecule has 2 aromatic rings. The van der Waals surface area contributed by atoms with Crippen LogP contribution in [-0.4, -0.2) is 47.9 Å². The van der Waals surface area contributed by atoms with Gasteiger partial charge in [0, 0.05) is 13.0 Å². The fourth-order valence-corrected chi connectivity index (χ4v) is 5.40. The first-order chi connectivity index (χ1) is 17.1. The molecule has 0 radical (unpaired) electrons. The van der Waals surface area contributed by atoms with Crippen molar-refractivity contribution in [2.75, 3.05) is 26.2 Å². The van der Waals surface area contributed by atoms with Crippen LogP contribution in [0, 0.1) is 22.9 Å². The molecule has 2 aliphatic rings. The van der Waals surface area contributed by atoms with E-state index in [1.165, 1.54) is 28.7 Å². The molecule has 1 N–H and O–H groups in total. The standard InChI is InChI=1S/C28H34F3N3O2/c1-28(2)17-25(21-6-9-23(30)24(31)16-21)34(26(35)18-28)27(36)32-12-3-13-33-14-10-20(11-15-33)19-4-7-22(29)8-5-19/h4-9,16,20,25H,3,10-15,17-18H2,1-2H3,(H,32,36)/t25-/m1/s1. The summed E-state index contributed by atoms with van der Waals surface area (Å²) in [6, 6.07) is 9.14. The summed E-state index contributed by atoms with van der Waals surface area (Å²) < 4.78 is 40.6. The largest absolute Gasteiger partial charge is 0.338 e. The second-order valence-corrected chi connectivity index (χ2v) is 10.8. The topological polar surface area (TPSA) is 52.7 Å². The number of likely N-dealkylation sites (tertiary alicyclic amines) is 2. The van der Waals surface area contributed by atoms with Crippen LogP contribution >= 0.6 is 0 Å². The molecular formula is C28H34F3N3O2. The number of benzene rings is 2. The lowest BCUT2D eigenvalue weighted by Crippen LogP contribution is -2.51. The van der Waals surface area contributed by atoms with E-state index in [9.17, 15) is 22.8 Å². The van der Waals surface area contributed by atoms with Crippen LogP contribution in [0.2, 0.25) is 0 Å². The smallest absolute Gasteiger partial charge is 0.324 e. The number of hydrogen-bond acceptors (Lipinski definition) is 3. The second kappa shape index (κ2) is 11.0. The quantitative estimate of drug-likeness (QED) is 0.511. The van der Waals surface area contributed by atoms with Gasteiger partial charge in [0.05, 0.1) is 6.04 Å².